The van der Waals surface area contributed by atoms with Gasteiger partial charge in [-0.25, -0.2) is 0 Å². The van der Waals surface area contributed by atoms with Crippen LogP contribution in [0.1, 0.15) is 12.8 Å². The molecule has 2 fully saturated rings. The number of aliphatic hydroxyl groups is 1. The molecule has 0 saturated carbocycles. The average Bonchev–Trinajstić information content (AvgIpc) is 2.79. The van der Waals surface area contributed by atoms with Gasteiger partial charge in [0.15, 0.2) is 0 Å². The van der Waals surface area contributed by atoms with Gasteiger partial charge in [-0.15, -0.1) is 0 Å². The zero-order chi connectivity index (χ0) is 20.8. The van der Waals surface area contributed by atoms with Crippen molar-refractivity contribution in [3.63, 3.8) is 0 Å². The van der Waals surface area contributed by atoms with E-state index in [1.54, 1.807) is 0 Å². The van der Waals surface area contributed by atoms with E-state index in [1.807, 2.05) is 30.3 Å². The number of piperidine rings is 1. The van der Waals surface area contributed by atoms with Crippen LogP contribution in [-0.2, 0) is 0 Å². The second-order valence-corrected chi connectivity index (χ2v) is 8.75. The fraction of sp³-hybridized carbons (Fsp3) is 0.520. The number of β-amino-alcohol motifs (C(OH)–C–C–N with tert-alkyl or cyclic N) is 1. The lowest BCUT2D eigenvalue weighted by molar-refractivity contribution is 0.0247. The third-order valence-electron chi connectivity index (χ3n) is 6.40. The molecule has 1 N–H and O–H groups in total. The van der Waals surface area contributed by atoms with Gasteiger partial charge in [-0.2, -0.15) is 0 Å². The second-order valence-electron chi connectivity index (χ2n) is 8.75. The highest BCUT2D eigenvalue weighted by Gasteiger charge is 2.27. The quantitative estimate of drug-likeness (QED) is 0.761. The summed E-state index contributed by atoms with van der Waals surface area (Å²) in [5.74, 6) is 0.806. The van der Waals surface area contributed by atoms with Gasteiger partial charge < -0.3 is 14.7 Å². The van der Waals surface area contributed by atoms with E-state index in [1.165, 1.54) is 37.1 Å². The Morgan fingerprint density at radius 1 is 0.933 bits per heavy atom. The number of rotatable bonds is 7. The number of piperazine rings is 1. The van der Waals surface area contributed by atoms with E-state index in [9.17, 15) is 5.11 Å². The van der Waals surface area contributed by atoms with E-state index < -0.39 is 6.10 Å². The van der Waals surface area contributed by atoms with Crippen molar-refractivity contribution in [3.05, 3.63) is 54.6 Å². The monoisotopic (exact) mass is 409 g/mol. The van der Waals surface area contributed by atoms with E-state index in [0.717, 1.165) is 31.9 Å². The molecule has 4 rings (SSSR count). The smallest absolute Gasteiger partial charge is 0.119 e. The maximum absolute atomic E-state index is 10.5. The first-order valence-corrected chi connectivity index (χ1v) is 11.3. The van der Waals surface area contributed by atoms with Crippen LogP contribution >= 0.6 is 0 Å². The number of hydrogen-bond acceptors (Lipinski definition) is 5. The lowest BCUT2D eigenvalue weighted by Gasteiger charge is -2.43. The average molecular weight is 410 g/mol. The van der Waals surface area contributed by atoms with Crippen molar-refractivity contribution < 1.29 is 9.84 Å². The minimum absolute atomic E-state index is 0.332. The first kappa shape index (κ1) is 21.3. The zero-order valence-corrected chi connectivity index (χ0v) is 18.1. The molecule has 0 aliphatic carbocycles. The van der Waals surface area contributed by atoms with Crippen LogP contribution in [0.5, 0.6) is 5.75 Å². The number of benzene rings is 2. The summed E-state index contributed by atoms with van der Waals surface area (Å²) in [6, 6.07) is 19.1. The Balaban J connectivity index is 1.18. The molecule has 2 aromatic carbocycles. The molecule has 2 unspecified atom stereocenters. The number of nitrogens with zero attached hydrogens (tertiary/aromatic N) is 3. The minimum atomic E-state index is -0.467. The molecule has 0 amide bonds. The second kappa shape index (κ2) is 10.4. The highest BCUT2D eigenvalue weighted by molar-refractivity contribution is 5.63. The molecule has 30 heavy (non-hydrogen) atoms. The number of likely N-dealkylation sites (N-methyl/N-ethyl adjacent to an activating group) is 1. The van der Waals surface area contributed by atoms with Gasteiger partial charge in [0.2, 0.25) is 0 Å². The molecule has 5 heteroatoms. The lowest BCUT2D eigenvalue weighted by Crippen LogP contribution is -2.55. The van der Waals surface area contributed by atoms with Gasteiger partial charge in [-0.05, 0) is 49.7 Å². The normalized spacial score (nSPS) is 22.7. The highest BCUT2D eigenvalue weighted by Crippen LogP contribution is 2.22. The van der Waals surface area contributed by atoms with Gasteiger partial charge in [0, 0.05) is 45.3 Å². The van der Waals surface area contributed by atoms with Gasteiger partial charge >= 0.3 is 0 Å². The third-order valence-corrected chi connectivity index (χ3v) is 6.40. The van der Waals surface area contributed by atoms with Gasteiger partial charge in [-0.1, -0.05) is 42.5 Å². The Labute approximate surface area is 180 Å². The number of aliphatic hydroxyl groups excluding tert-OH is 1. The predicted molar refractivity (Wildman–Crippen MR) is 122 cm³/mol. The van der Waals surface area contributed by atoms with Gasteiger partial charge in [-0.3, -0.25) is 9.80 Å². The molecule has 2 aromatic rings. The molecule has 0 spiro atoms. The van der Waals surface area contributed by atoms with Crippen molar-refractivity contribution in [2.45, 2.75) is 25.0 Å². The fourth-order valence-electron chi connectivity index (χ4n) is 4.67. The van der Waals surface area contributed by atoms with Gasteiger partial charge in [0.25, 0.3) is 0 Å². The topological polar surface area (TPSA) is 39.2 Å². The summed E-state index contributed by atoms with van der Waals surface area (Å²) in [7, 11) is 2.23. The summed E-state index contributed by atoms with van der Waals surface area (Å²) in [5, 5.41) is 10.5. The molecule has 0 aromatic heterocycles. The van der Waals surface area contributed by atoms with Crippen LogP contribution < -0.4 is 4.74 Å². The lowest BCUT2D eigenvalue weighted by atomic mass is 10.0. The third kappa shape index (κ3) is 5.82. The zero-order valence-electron chi connectivity index (χ0n) is 18.1. The summed E-state index contributed by atoms with van der Waals surface area (Å²) in [5.41, 5.74) is 2.37. The summed E-state index contributed by atoms with van der Waals surface area (Å²) in [6.45, 7) is 7.71. The standard InChI is InChI=1S/C25H35N3O2/c1-26-13-5-8-23(18-26)28-16-14-27(15-17-28)19-24(29)20-30-25-11-9-22(10-12-25)21-6-3-2-4-7-21/h2-4,6-7,9-12,23-24,29H,5,8,13-20H2,1H3. The van der Waals surface area contributed by atoms with E-state index in [0.29, 0.717) is 19.2 Å². The Morgan fingerprint density at radius 3 is 2.33 bits per heavy atom. The molecule has 5 nitrogen and oxygen atoms in total. The molecule has 2 saturated heterocycles. The largest absolute Gasteiger partial charge is 0.491 e. The summed E-state index contributed by atoms with van der Waals surface area (Å²) >= 11 is 0. The molecule has 0 radical (unpaired) electrons. The summed E-state index contributed by atoms with van der Waals surface area (Å²) in [4.78, 5) is 7.47. The first-order valence-electron chi connectivity index (χ1n) is 11.3. The molecule has 0 bridgehead atoms. The van der Waals surface area contributed by atoms with E-state index >= 15 is 0 Å². The Morgan fingerprint density at radius 2 is 1.63 bits per heavy atom. The SMILES string of the molecule is CN1CCCC(N2CCN(CC(O)COc3ccc(-c4ccccc4)cc3)CC2)C1. The van der Waals surface area contributed by atoms with Crippen molar-refractivity contribution in [3.8, 4) is 16.9 Å². The Bertz CT molecular complexity index is 760. The van der Waals surface area contributed by atoms with Crippen LogP contribution in [0.25, 0.3) is 11.1 Å². The van der Waals surface area contributed by atoms with Gasteiger partial charge in [0.1, 0.15) is 18.5 Å². The van der Waals surface area contributed by atoms with Crippen molar-refractivity contribution in [2.24, 2.45) is 0 Å². The number of likely N-dealkylation sites (tertiary alicyclic amines) is 1. The minimum Gasteiger partial charge on any atom is -0.491 e. The van der Waals surface area contributed by atoms with Gasteiger partial charge in [0.05, 0.1) is 0 Å². The summed E-state index contributed by atoms with van der Waals surface area (Å²) in [6.07, 6.45) is 2.17. The van der Waals surface area contributed by atoms with Crippen molar-refractivity contribution >= 4 is 0 Å². The number of ether oxygens (including phenoxy) is 1. The summed E-state index contributed by atoms with van der Waals surface area (Å²) < 4.78 is 5.84. The maximum Gasteiger partial charge on any atom is 0.119 e. The maximum atomic E-state index is 10.5. The van der Waals surface area contributed by atoms with E-state index in [2.05, 4.69) is 46.0 Å². The first-order chi connectivity index (χ1) is 14.7. The number of hydrogen-bond donors (Lipinski definition) is 1. The van der Waals surface area contributed by atoms with Crippen LogP contribution in [0.3, 0.4) is 0 Å². The van der Waals surface area contributed by atoms with Crippen LogP contribution in [0.4, 0.5) is 0 Å². The van der Waals surface area contributed by atoms with Crippen molar-refractivity contribution in [2.75, 3.05) is 59.5 Å². The van der Waals surface area contributed by atoms with Crippen molar-refractivity contribution in [1.29, 1.82) is 0 Å². The molecular formula is C25H35N3O2. The van der Waals surface area contributed by atoms with Crippen LogP contribution in [0.2, 0.25) is 0 Å². The Kier molecular flexibility index (Phi) is 7.39. The molecule has 2 heterocycles. The molecule has 2 atom stereocenters. The molecule has 162 valence electrons. The van der Waals surface area contributed by atoms with Crippen LogP contribution in [0.15, 0.2) is 54.6 Å². The van der Waals surface area contributed by atoms with Crippen molar-refractivity contribution in [1.82, 2.24) is 14.7 Å². The Hall–Kier alpha value is -1.92. The van der Waals surface area contributed by atoms with Crippen LogP contribution in [-0.4, -0.2) is 91.4 Å². The predicted octanol–water partition coefficient (Wildman–Crippen LogP) is 2.81. The van der Waals surface area contributed by atoms with E-state index in [4.69, 9.17) is 4.74 Å². The van der Waals surface area contributed by atoms with Crippen LogP contribution in [0, 0.1) is 0 Å². The molecule has 2 aliphatic heterocycles. The molecular weight excluding hydrogens is 374 g/mol. The fourth-order valence-corrected chi connectivity index (χ4v) is 4.67. The van der Waals surface area contributed by atoms with E-state index in [-0.39, 0.29) is 0 Å². The molecule has 2 aliphatic rings. The highest BCUT2D eigenvalue weighted by atomic mass is 16.5.